The molecule has 7 heteroatoms. The van der Waals surface area contributed by atoms with Gasteiger partial charge in [-0.3, -0.25) is 8.98 Å². The largest absolute Gasteiger partial charge is 0.497 e. The summed E-state index contributed by atoms with van der Waals surface area (Å²) in [6.45, 7) is -0.865. The van der Waals surface area contributed by atoms with Gasteiger partial charge in [-0.25, -0.2) is 4.21 Å². The molecule has 0 aliphatic rings. The Bertz CT molecular complexity index is 389. The maximum Gasteiger partial charge on any atom is 0.497 e. The summed E-state index contributed by atoms with van der Waals surface area (Å²) in [6, 6.07) is 7.65. The first-order valence-electron chi connectivity index (χ1n) is 4.11. The minimum absolute atomic E-state index is 0.210. The minimum atomic E-state index is -4.96. The first-order valence-corrected chi connectivity index (χ1v) is 5.19. The summed E-state index contributed by atoms with van der Waals surface area (Å²) in [5, 5.41) is 0. The van der Waals surface area contributed by atoms with Crippen molar-refractivity contribution < 1.29 is 26.4 Å². The van der Waals surface area contributed by atoms with Crippen LogP contribution in [0.1, 0.15) is 10.4 Å². The normalized spacial score (nSPS) is 13.4. The van der Waals surface area contributed by atoms with E-state index in [1.54, 1.807) is 18.2 Å². The van der Waals surface area contributed by atoms with Crippen LogP contribution in [0.15, 0.2) is 30.3 Å². The van der Waals surface area contributed by atoms with Gasteiger partial charge in [0.25, 0.3) is 11.1 Å². The van der Waals surface area contributed by atoms with Gasteiger partial charge < -0.3 is 0 Å². The van der Waals surface area contributed by atoms with Crippen molar-refractivity contribution in [3.63, 3.8) is 0 Å². The Balaban J connectivity index is 2.52. The summed E-state index contributed by atoms with van der Waals surface area (Å²) >= 11 is -3.45. The Morgan fingerprint density at radius 3 is 2.31 bits per heavy atom. The van der Waals surface area contributed by atoms with Crippen LogP contribution in [0.5, 0.6) is 0 Å². The molecule has 16 heavy (non-hydrogen) atoms. The Labute approximate surface area is 91.9 Å². The number of benzene rings is 1. The van der Waals surface area contributed by atoms with Crippen LogP contribution in [0, 0.1) is 0 Å². The van der Waals surface area contributed by atoms with Crippen LogP contribution >= 0.6 is 0 Å². The van der Waals surface area contributed by atoms with Crippen molar-refractivity contribution in [1.29, 1.82) is 0 Å². The summed E-state index contributed by atoms with van der Waals surface area (Å²) in [7, 11) is 0. The maximum absolute atomic E-state index is 11.8. The lowest BCUT2D eigenvalue weighted by Crippen LogP contribution is -2.21. The van der Waals surface area contributed by atoms with Crippen LogP contribution in [0.4, 0.5) is 13.2 Å². The van der Waals surface area contributed by atoms with Crippen LogP contribution in [0.2, 0.25) is 0 Å². The molecular formula is C9H7F3O3S. The number of halogens is 3. The van der Waals surface area contributed by atoms with Gasteiger partial charge in [-0.05, 0) is 0 Å². The molecule has 0 heterocycles. The second-order valence-corrected chi connectivity index (χ2v) is 3.90. The molecular weight excluding hydrogens is 245 g/mol. The van der Waals surface area contributed by atoms with Crippen molar-refractivity contribution >= 4 is 16.9 Å². The highest BCUT2D eigenvalue weighted by Gasteiger charge is 2.38. The third kappa shape index (κ3) is 3.74. The summed E-state index contributed by atoms with van der Waals surface area (Å²) in [5.41, 5.74) is -4.75. The molecule has 1 atom stereocenters. The van der Waals surface area contributed by atoms with Crippen molar-refractivity contribution in [2.24, 2.45) is 0 Å². The van der Waals surface area contributed by atoms with Crippen molar-refractivity contribution in [3.8, 4) is 0 Å². The Kier molecular flexibility index (Phi) is 4.19. The Morgan fingerprint density at radius 1 is 1.25 bits per heavy atom. The first kappa shape index (κ1) is 12.9. The lowest BCUT2D eigenvalue weighted by atomic mass is 10.1. The van der Waals surface area contributed by atoms with E-state index in [1.165, 1.54) is 12.1 Å². The SMILES string of the molecule is O=C(COS(=O)C(F)(F)F)c1ccccc1. The summed E-state index contributed by atoms with van der Waals surface area (Å²) < 4.78 is 49.6. The fourth-order valence-corrected chi connectivity index (χ4v) is 1.23. The van der Waals surface area contributed by atoms with Gasteiger partial charge in [-0.1, -0.05) is 30.3 Å². The zero-order valence-corrected chi connectivity index (χ0v) is 8.68. The second kappa shape index (κ2) is 5.22. The molecule has 1 rings (SSSR count). The van der Waals surface area contributed by atoms with Gasteiger partial charge >= 0.3 is 5.51 Å². The molecule has 0 aliphatic heterocycles. The molecule has 3 nitrogen and oxygen atoms in total. The molecule has 0 saturated carbocycles. The number of carbonyl (C=O) groups is 1. The van der Waals surface area contributed by atoms with E-state index in [1.807, 2.05) is 0 Å². The molecule has 0 aromatic heterocycles. The lowest BCUT2D eigenvalue weighted by molar-refractivity contribution is -0.0467. The highest BCUT2D eigenvalue weighted by atomic mass is 32.2. The molecule has 1 unspecified atom stereocenters. The van der Waals surface area contributed by atoms with Crippen LogP contribution < -0.4 is 0 Å². The van der Waals surface area contributed by atoms with E-state index in [4.69, 9.17) is 0 Å². The quantitative estimate of drug-likeness (QED) is 0.770. The highest BCUT2D eigenvalue weighted by Crippen LogP contribution is 2.20. The standard InChI is InChI=1S/C9H7F3O3S/c10-9(11,12)16(14)15-6-8(13)7-4-2-1-3-5-7/h1-5H,6H2. The van der Waals surface area contributed by atoms with Gasteiger partial charge in [-0.15, -0.1) is 0 Å². The number of ketones is 1. The number of Topliss-reactive ketones (excluding diaryl/α,β-unsaturated/α-hetero) is 1. The van der Waals surface area contributed by atoms with Crippen molar-refractivity contribution in [2.75, 3.05) is 6.61 Å². The van der Waals surface area contributed by atoms with Gasteiger partial charge in [0.05, 0.1) is 0 Å². The van der Waals surface area contributed by atoms with Gasteiger partial charge in [0.15, 0.2) is 5.78 Å². The van der Waals surface area contributed by atoms with Crippen LogP contribution in [0.3, 0.4) is 0 Å². The van der Waals surface area contributed by atoms with E-state index in [9.17, 15) is 22.2 Å². The van der Waals surface area contributed by atoms with E-state index >= 15 is 0 Å². The van der Waals surface area contributed by atoms with Crippen molar-refractivity contribution in [3.05, 3.63) is 35.9 Å². The molecule has 0 N–H and O–H groups in total. The monoisotopic (exact) mass is 252 g/mol. The molecule has 0 saturated heterocycles. The van der Waals surface area contributed by atoms with E-state index in [0.717, 1.165) is 0 Å². The average molecular weight is 252 g/mol. The summed E-state index contributed by atoms with van der Waals surface area (Å²) in [5.74, 6) is -0.654. The zero-order chi connectivity index (χ0) is 12.2. The lowest BCUT2D eigenvalue weighted by Gasteiger charge is -2.05. The number of hydrogen-bond acceptors (Lipinski definition) is 3. The van der Waals surface area contributed by atoms with E-state index in [-0.39, 0.29) is 5.56 Å². The molecule has 88 valence electrons. The fourth-order valence-electron chi connectivity index (χ4n) is 0.881. The Hall–Kier alpha value is -1.21. The van der Waals surface area contributed by atoms with Crippen molar-refractivity contribution in [1.82, 2.24) is 0 Å². The van der Waals surface area contributed by atoms with Crippen LogP contribution in [-0.2, 0) is 15.3 Å². The smallest absolute Gasteiger partial charge is 0.292 e. The number of rotatable bonds is 4. The molecule has 0 aliphatic carbocycles. The molecule has 0 amide bonds. The third-order valence-corrected chi connectivity index (χ3v) is 2.29. The van der Waals surface area contributed by atoms with Gasteiger partial charge in [-0.2, -0.15) is 13.2 Å². The van der Waals surface area contributed by atoms with Gasteiger partial charge in [0.1, 0.15) is 6.61 Å². The van der Waals surface area contributed by atoms with Crippen LogP contribution in [0.25, 0.3) is 0 Å². The molecule has 1 aromatic carbocycles. The topological polar surface area (TPSA) is 43.4 Å². The number of carbonyl (C=O) groups excluding carboxylic acids is 1. The van der Waals surface area contributed by atoms with E-state index in [0.29, 0.717) is 0 Å². The third-order valence-electron chi connectivity index (χ3n) is 1.58. The predicted octanol–water partition coefficient (Wildman–Crippen LogP) is 2.07. The average Bonchev–Trinajstić information content (AvgIpc) is 2.25. The minimum Gasteiger partial charge on any atom is -0.292 e. The molecule has 1 aromatic rings. The molecule has 0 radical (unpaired) electrons. The summed E-state index contributed by atoms with van der Waals surface area (Å²) in [4.78, 5) is 11.2. The molecule has 0 fully saturated rings. The zero-order valence-electron chi connectivity index (χ0n) is 7.86. The first-order chi connectivity index (χ1) is 7.41. The van der Waals surface area contributed by atoms with Gasteiger partial charge in [0.2, 0.25) is 0 Å². The van der Waals surface area contributed by atoms with E-state index < -0.39 is 29.0 Å². The molecule has 0 spiro atoms. The van der Waals surface area contributed by atoms with E-state index in [2.05, 4.69) is 4.18 Å². The maximum atomic E-state index is 11.8. The number of hydrogen-bond donors (Lipinski definition) is 0. The highest BCUT2D eigenvalue weighted by molar-refractivity contribution is 7.81. The Morgan fingerprint density at radius 2 is 1.81 bits per heavy atom. The second-order valence-electron chi connectivity index (χ2n) is 2.73. The fraction of sp³-hybridized carbons (Fsp3) is 0.222. The number of alkyl halides is 3. The molecule has 0 bridgehead atoms. The predicted molar refractivity (Wildman–Crippen MR) is 50.9 cm³/mol. The summed E-state index contributed by atoms with van der Waals surface area (Å²) in [6.07, 6.45) is 0. The van der Waals surface area contributed by atoms with Crippen LogP contribution in [-0.4, -0.2) is 22.1 Å². The van der Waals surface area contributed by atoms with Gasteiger partial charge in [0, 0.05) is 5.56 Å². The van der Waals surface area contributed by atoms with Crippen molar-refractivity contribution in [2.45, 2.75) is 5.51 Å².